The molecule has 1 fully saturated rings. The van der Waals surface area contributed by atoms with Gasteiger partial charge in [-0.25, -0.2) is 12.8 Å². The molecule has 0 aromatic heterocycles. The first-order valence-corrected chi connectivity index (χ1v) is 12.5. The molecular formula is C25H25FN4O4S. The van der Waals surface area contributed by atoms with Crippen LogP contribution in [0.5, 0.6) is 0 Å². The first kappa shape index (κ1) is 24.5. The van der Waals surface area contributed by atoms with Gasteiger partial charge >= 0.3 is 0 Å². The van der Waals surface area contributed by atoms with E-state index in [0.29, 0.717) is 26.2 Å². The highest BCUT2D eigenvalue weighted by Crippen LogP contribution is 2.19. The summed E-state index contributed by atoms with van der Waals surface area (Å²) < 4.78 is 41.2. The van der Waals surface area contributed by atoms with Crippen LogP contribution in [0.1, 0.15) is 26.3 Å². The molecule has 35 heavy (non-hydrogen) atoms. The Labute approximate surface area is 203 Å². The Morgan fingerprint density at radius 3 is 2.03 bits per heavy atom. The minimum Gasteiger partial charge on any atom is -0.296 e. The quantitative estimate of drug-likeness (QED) is 0.511. The second-order valence-electron chi connectivity index (χ2n) is 8.08. The van der Waals surface area contributed by atoms with Crippen molar-refractivity contribution in [2.45, 2.75) is 11.4 Å². The summed E-state index contributed by atoms with van der Waals surface area (Å²) in [5.41, 5.74) is 5.46. The van der Waals surface area contributed by atoms with E-state index in [4.69, 9.17) is 0 Å². The number of carbonyl (C=O) groups excluding carboxylic acids is 2. The number of halogens is 1. The van der Waals surface area contributed by atoms with Crippen LogP contribution in [0.3, 0.4) is 0 Å². The van der Waals surface area contributed by atoms with Gasteiger partial charge < -0.3 is 0 Å². The van der Waals surface area contributed by atoms with Crippen molar-refractivity contribution in [1.82, 2.24) is 20.1 Å². The molecule has 0 aliphatic carbocycles. The average molecular weight is 497 g/mol. The first-order valence-electron chi connectivity index (χ1n) is 11.1. The van der Waals surface area contributed by atoms with Crippen molar-refractivity contribution >= 4 is 21.8 Å². The van der Waals surface area contributed by atoms with Crippen LogP contribution in [-0.4, -0.2) is 55.6 Å². The third-order valence-corrected chi connectivity index (χ3v) is 7.66. The molecule has 0 spiro atoms. The summed E-state index contributed by atoms with van der Waals surface area (Å²) in [6.45, 7) is 2.76. The second kappa shape index (κ2) is 10.8. The summed E-state index contributed by atoms with van der Waals surface area (Å²) in [6, 6.07) is 20.9. The molecule has 10 heteroatoms. The van der Waals surface area contributed by atoms with Crippen molar-refractivity contribution in [2.24, 2.45) is 0 Å². The van der Waals surface area contributed by atoms with E-state index in [1.807, 2.05) is 30.3 Å². The van der Waals surface area contributed by atoms with Crippen molar-refractivity contribution in [2.75, 3.05) is 26.2 Å². The number of benzene rings is 3. The van der Waals surface area contributed by atoms with Gasteiger partial charge in [0.25, 0.3) is 11.8 Å². The van der Waals surface area contributed by atoms with Crippen molar-refractivity contribution in [1.29, 1.82) is 0 Å². The van der Waals surface area contributed by atoms with E-state index in [9.17, 15) is 22.4 Å². The highest BCUT2D eigenvalue weighted by atomic mass is 32.2. The molecule has 2 N–H and O–H groups in total. The third kappa shape index (κ3) is 5.91. The average Bonchev–Trinajstić information content (AvgIpc) is 2.88. The number of hydrogen-bond donors (Lipinski definition) is 2. The SMILES string of the molecule is O=C(NNC(=O)c1ccccc1F)c1ccc(S(=O)(=O)N2CCN(Cc3ccccc3)CC2)cc1. The molecule has 0 atom stereocenters. The summed E-state index contributed by atoms with van der Waals surface area (Å²) in [7, 11) is -3.70. The number of sulfonamides is 1. The fourth-order valence-corrected chi connectivity index (χ4v) is 5.22. The monoisotopic (exact) mass is 496 g/mol. The highest BCUT2D eigenvalue weighted by molar-refractivity contribution is 7.89. The molecule has 0 saturated carbocycles. The van der Waals surface area contributed by atoms with Crippen molar-refractivity contribution in [3.05, 3.63) is 101 Å². The molecule has 1 aliphatic heterocycles. The Balaban J connectivity index is 1.32. The smallest absolute Gasteiger partial charge is 0.272 e. The van der Waals surface area contributed by atoms with Crippen LogP contribution >= 0.6 is 0 Å². The Kier molecular flexibility index (Phi) is 7.54. The molecular weight excluding hydrogens is 471 g/mol. The molecule has 3 aromatic carbocycles. The van der Waals surface area contributed by atoms with Crippen LogP contribution < -0.4 is 10.9 Å². The van der Waals surface area contributed by atoms with E-state index in [1.165, 1.54) is 52.3 Å². The molecule has 182 valence electrons. The van der Waals surface area contributed by atoms with Crippen LogP contribution in [0.15, 0.2) is 83.8 Å². The standard InChI is InChI=1S/C25H25FN4O4S/c26-23-9-5-4-8-22(23)25(32)28-27-24(31)20-10-12-21(13-11-20)35(33,34)30-16-14-29(15-17-30)18-19-6-2-1-3-7-19/h1-13H,14-18H2,(H,27,31)(H,28,32). The lowest BCUT2D eigenvalue weighted by atomic mass is 10.2. The highest BCUT2D eigenvalue weighted by Gasteiger charge is 2.28. The van der Waals surface area contributed by atoms with E-state index in [1.54, 1.807) is 0 Å². The fraction of sp³-hybridized carbons (Fsp3) is 0.200. The molecule has 4 rings (SSSR count). The topological polar surface area (TPSA) is 98.8 Å². The lowest BCUT2D eigenvalue weighted by Gasteiger charge is -2.34. The van der Waals surface area contributed by atoms with E-state index in [-0.39, 0.29) is 16.0 Å². The van der Waals surface area contributed by atoms with Gasteiger partial charge in [-0.05, 0) is 42.0 Å². The molecule has 2 amide bonds. The maximum Gasteiger partial charge on any atom is 0.272 e. The number of rotatable bonds is 6. The van der Waals surface area contributed by atoms with Gasteiger partial charge in [0, 0.05) is 38.3 Å². The number of nitrogens with zero attached hydrogens (tertiary/aromatic N) is 2. The Morgan fingerprint density at radius 2 is 1.37 bits per heavy atom. The zero-order chi connectivity index (χ0) is 24.8. The summed E-state index contributed by atoms with van der Waals surface area (Å²) >= 11 is 0. The maximum atomic E-state index is 13.7. The number of amides is 2. The van der Waals surface area contributed by atoms with Crippen LogP contribution in [0.4, 0.5) is 4.39 Å². The number of hydrogen-bond acceptors (Lipinski definition) is 5. The third-order valence-electron chi connectivity index (χ3n) is 5.74. The van der Waals surface area contributed by atoms with E-state index in [0.717, 1.165) is 12.6 Å². The van der Waals surface area contributed by atoms with Gasteiger partial charge in [0.05, 0.1) is 10.5 Å². The van der Waals surface area contributed by atoms with Crippen molar-refractivity contribution < 1.29 is 22.4 Å². The molecule has 3 aromatic rings. The van der Waals surface area contributed by atoms with Gasteiger partial charge in [0.15, 0.2) is 0 Å². The minimum atomic E-state index is -3.70. The number of piperazine rings is 1. The Morgan fingerprint density at radius 1 is 0.771 bits per heavy atom. The van der Waals surface area contributed by atoms with Gasteiger partial charge in [-0.15, -0.1) is 0 Å². The van der Waals surface area contributed by atoms with E-state index >= 15 is 0 Å². The van der Waals surface area contributed by atoms with Gasteiger partial charge in [-0.2, -0.15) is 4.31 Å². The van der Waals surface area contributed by atoms with E-state index < -0.39 is 27.7 Å². The maximum absolute atomic E-state index is 13.7. The second-order valence-corrected chi connectivity index (χ2v) is 10.0. The lowest BCUT2D eigenvalue weighted by molar-refractivity contribution is 0.0844. The zero-order valence-corrected chi connectivity index (χ0v) is 19.7. The van der Waals surface area contributed by atoms with Crippen LogP contribution in [0.25, 0.3) is 0 Å². The molecule has 0 radical (unpaired) electrons. The summed E-state index contributed by atoms with van der Waals surface area (Å²) in [4.78, 5) is 26.7. The van der Waals surface area contributed by atoms with Crippen LogP contribution in [0, 0.1) is 5.82 Å². The fourth-order valence-electron chi connectivity index (χ4n) is 3.80. The van der Waals surface area contributed by atoms with Gasteiger partial charge in [-0.1, -0.05) is 42.5 Å². The lowest BCUT2D eigenvalue weighted by Crippen LogP contribution is -2.48. The number of carbonyl (C=O) groups is 2. The molecule has 1 heterocycles. The summed E-state index contributed by atoms with van der Waals surface area (Å²) in [5, 5.41) is 0. The van der Waals surface area contributed by atoms with Gasteiger partial charge in [0.1, 0.15) is 5.82 Å². The number of nitrogens with one attached hydrogen (secondary N) is 2. The normalized spacial score (nSPS) is 14.9. The molecule has 1 saturated heterocycles. The Hall–Kier alpha value is -3.60. The molecule has 1 aliphatic rings. The van der Waals surface area contributed by atoms with Crippen molar-refractivity contribution in [3.8, 4) is 0 Å². The summed E-state index contributed by atoms with van der Waals surface area (Å²) in [6.07, 6.45) is 0. The minimum absolute atomic E-state index is 0.0842. The molecule has 0 unspecified atom stereocenters. The van der Waals surface area contributed by atoms with Gasteiger partial charge in [-0.3, -0.25) is 25.3 Å². The van der Waals surface area contributed by atoms with E-state index in [2.05, 4.69) is 15.8 Å². The first-order chi connectivity index (χ1) is 16.8. The molecule has 0 bridgehead atoms. The predicted octanol–water partition coefficient (Wildman–Crippen LogP) is 2.41. The van der Waals surface area contributed by atoms with Crippen LogP contribution in [0.2, 0.25) is 0 Å². The van der Waals surface area contributed by atoms with Gasteiger partial charge in [0.2, 0.25) is 10.0 Å². The van der Waals surface area contributed by atoms with Crippen LogP contribution in [-0.2, 0) is 16.6 Å². The Bertz CT molecular complexity index is 1290. The largest absolute Gasteiger partial charge is 0.296 e. The number of hydrazine groups is 1. The predicted molar refractivity (Wildman–Crippen MR) is 128 cm³/mol. The molecule has 8 nitrogen and oxygen atoms in total. The summed E-state index contributed by atoms with van der Waals surface area (Å²) in [5.74, 6) is -2.18. The van der Waals surface area contributed by atoms with Crippen molar-refractivity contribution in [3.63, 3.8) is 0 Å². The zero-order valence-electron chi connectivity index (χ0n) is 18.9.